The zero-order chi connectivity index (χ0) is 9.84. The quantitative estimate of drug-likeness (QED) is 0.293. The van der Waals surface area contributed by atoms with E-state index >= 15 is 0 Å². The molecule has 1 saturated heterocycles. The molecule has 0 aromatic rings. The van der Waals surface area contributed by atoms with Crippen molar-refractivity contribution in [2.75, 3.05) is 6.54 Å². The number of carboxylic acid groups (broad SMARTS) is 1. The standard InChI is InChI=1S/C7H13N3O3/c8-9-6(11)5-3-1-2-4-10(5)7(12)13/h5H,1-4,8H2,(H,9,11)(H,12,13)/t5-/m0/s1. The van der Waals surface area contributed by atoms with Gasteiger partial charge >= 0.3 is 6.09 Å². The topological polar surface area (TPSA) is 95.7 Å². The molecule has 0 spiro atoms. The number of hydrazine groups is 1. The molecule has 0 radical (unpaired) electrons. The summed E-state index contributed by atoms with van der Waals surface area (Å²) < 4.78 is 0. The van der Waals surface area contributed by atoms with Crippen LogP contribution in [-0.2, 0) is 4.79 Å². The molecule has 6 heteroatoms. The number of likely N-dealkylation sites (tertiary alicyclic amines) is 1. The van der Waals surface area contributed by atoms with E-state index in [1.54, 1.807) is 0 Å². The number of nitrogens with zero attached hydrogens (tertiary/aromatic N) is 1. The molecule has 2 amide bonds. The predicted molar refractivity (Wildman–Crippen MR) is 44.7 cm³/mol. The highest BCUT2D eigenvalue weighted by molar-refractivity contribution is 5.84. The van der Waals surface area contributed by atoms with Crippen LogP contribution in [0.1, 0.15) is 19.3 Å². The summed E-state index contributed by atoms with van der Waals surface area (Å²) in [6.45, 7) is 0.410. The second-order valence-corrected chi connectivity index (χ2v) is 3.00. The van der Waals surface area contributed by atoms with Gasteiger partial charge in [0.25, 0.3) is 5.91 Å². The molecule has 0 unspecified atom stereocenters. The molecule has 0 aliphatic carbocycles. The molecule has 13 heavy (non-hydrogen) atoms. The van der Waals surface area contributed by atoms with Gasteiger partial charge in [0.15, 0.2) is 0 Å². The first kappa shape index (κ1) is 9.79. The lowest BCUT2D eigenvalue weighted by molar-refractivity contribution is -0.126. The Bertz CT molecular complexity index is 219. The van der Waals surface area contributed by atoms with Crippen molar-refractivity contribution in [3.8, 4) is 0 Å². The van der Waals surface area contributed by atoms with Gasteiger partial charge in [-0.15, -0.1) is 0 Å². The minimum absolute atomic E-state index is 0.410. The Hall–Kier alpha value is -1.30. The van der Waals surface area contributed by atoms with E-state index in [-0.39, 0.29) is 0 Å². The third-order valence-corrected chi connectivity index (χ3v) is 2.19. The van der Waals surface area contributed by atoms with E-state index in [4.69, 9.17) is 10.9 Å². The van der Waals surface area contributed by atoms with Gasteiger partial charge in [-0.1, -0.05) is 0 Å². The lowest BCUT2D eigenvalue weighted by Crippen LogP contribution is -2.52. The van der Waals surface area contributed by atoms with Gasteiger partial charge in [0.05, 0.1) is 0 Å². The second-order valence-electron chi connectivity index (χ2n) is 3.00. The molecule has 0 bridgehead atoms. The zero-order valence-electron chi connectivity index (χ0n) is 7.19. The maximum Gasteiger partial charge on any atom is 0.407 e. The Labute approximate surface area is 75.7 Å². The van der Waals surface area contributed by atoms with Gasteiger partial charge in [-0.2, -0.15) is 0 Å². The highest BCUT2D eigenvalue weighted by Gasteiger charge is 2.31. The summed E-state index contributed by atoms with van der Waals surface area (Å²) in [6, 6.07) is -0.615. The number of nitrogens with one attached hydrogen (secondary N) is 1. The van der Waals surface area contributed by atoms with E-state index in [0.717, 1.165) is 17.7 Å². The van der Waals surface area contributed by atoms with Crippen LogP contribution in [0.2, 0.25) is 0 Å². The molecule has 1 aliphatic rings. The van der Waals surface area contributed by atoms with E-state index in [0.29, 0.717) is 13.0 Å². The molecule has 4 N–H and O–H groups in total. The van der Waals surface area contributed by atoms with E-state index in [1.807, 2.05) is 5.43 Å². The fraction of sp³-hybridized carbons (Fsp3) is 0.714. The van der Waals surface area contributed by atoms with Crippen LogP contribution in [0.5, 0.6) is 0 Å². The number of hydrogen-bond acceptors (Lipinski definition) is 3. The lowest BCUT2D eigenvalue weighted by atomic mass is 10.0. The molecule has 0 aromatic carbocycles. The van der Waals surface area contributed by atoms with Crippen LogP contribution in [0.15, 0.2) is 0 Å². The smallest absolute Gasteiger partial charge is 0.407 e. The molecule has 1 fully saturated rings. The Morgan fingerprint density at radius 3 is 2.69 bits per heavy atom. The number of piperidine rings is 1. The molecule has 1 rings (SSSR count). The summed E-state index contributed by atoms with van der Waals surface area (Å²) in [5, 5.41) is 8.76. The van der Waals surface area contributed by atoms with Crippen molar-refractivity contribution >= 4 is 12.0 Å². The summed E-state index contributed by atoms with van der Waals surface area (Å²) in [5.41, 5.74) is 1.98. The van der Waals surface area contributed by atoms with Crippen LogP contribution in [0.4, 0.5) is 4.79 Å². The van der Waals surface area contributed by atoms with Crippen molar-refractivity contribution < 1.29 is 14.7 Å². The fourth-order valence-corrected chi connectivity index (χ4v) is 1.53. The number of hydrogen-bond donors (Lipinski definition) is 3. The Morgan fingerprint density at radius 1 is 1.46 bits per heavy atom. The van der Waals surface area contributed by atoms with Gasteiger partial charge in [0.2, 0.25) is 0 Å². The van der Waals surface area contributed by atoms with Gasteiger partial charge in [-0.3, -0.25) is 15.1 Å². The first-order chi connectivity index (χ1) is 6.16. The SMILES string of the molecule is NNC(=O)[C@@H]1CCCCN1C(=O)O. The maximum atomic E-state index is 11.1. The van der Waals surface area contributed by atoms with E-state index in [1.165, 1.54) is 0 Å². The minimum Gasteiger partial charge on any atom is -0.465 e. The highest BCUT2D eigenvalue weighted by Crippen LogP contribution is 2.16. The summed E-state index contributed by atoms with van der Waals surface area (Å²) in [4.78, 5) is 23.0. The molecule has 1 heterocycles. The van der Waals surface area contributed by atoms with Crippen molar-refractivity contribution in [1.82, 2.24) is 10.3 Å². The Morgan fingerprint density at radius 2 is 2.15 bits per heavy atom. The zero-order valence-corrected chi connectivity index (χ0v) is 7.19. The van der Waals surface area contributed by atoms with Gasteiger partial charge in [-0.25, -0.2) is 10.6 Å². The van der Waals surface area contributed by atoms with Crippen molar-refractivity contribution in [2.24, 2.45) is 5.84 Å². The fourth-order valence-electron chi connectivity index (χ4n) is 1.53. The van der Waals surface area contributed by atoms with Crippen LogP contribution in [0.25, 0.3) is 0 Å². The third kappa shape index (κ3) is 2.09. The van der Waals surface area contributed by atoms with Crippen LogP contribution >= 0.6 is 0 Å². The number of carbonyl (C=O) groups excluding carboxylic acids is 1. The number of nitrogens with two attached hydrogens (primary N) is 1. The Balaban J connectivity index is 2.67. The third-order valence-electron chi connectivity index (χ3n) is 2.19. The molecule has 74 valence electrons. The molecule has 1 aliphatic heterocycles. The summed E-state index contributed by atoms with van der Waals surface area (Å²) >= 11 is 0. The van der Waals surface area contributed by atoms with Crippen LogP contribution in [0, 0.1) is 0 Å². The summed E-state index contributed by atoms with van der Waals surface area (Å²) in [7, 11) is 0. The molecular weight excluding hydrogens is 174 g/mol. The molecule has 0 saturated carbocycles. The van der Waals surface area contributed by atoms with E-state index < -0.39 is 18.0 Å². The van der Waals surface area contributed by atoms with Crippen LogP contribution in [-0.4, -0.2) is 34.6 Å². The van der Waals surface area contributed by atoms with Crippen molar-refractivity contribution in [3.63, 3.8) is 0 Å². The molecule has 1 atom stereocenters. The van der Waals surface area contributed by atoms with Gasteiger partial charge in [-0.05, 0) is 19.3 Å². The monoisotopic (exact) mass is 187 g/mol. The summed E-state index contributed by atoms with van der Waals surface area (Å²) in [5.74, 6) is 4.52. The van der Waals surface area contributed by atoms with E-state index in [9.17, 15) is 9.59 Å². The normalized spacial score (nSPS) is 22.5. The van der Waals surface area contributed by atoms with Crippen molar-refractivity contribution in [3.05, 3.63) is 0 Å². The average Bonchev–Trinajstić information content (AvgIpc) is 2.16. The first-order valence-electron chi connectivity index (χ1n) is 4.17. The van der Waals surface area contributed by atoms with Gasteiger partial charge < -0.3 is 5.11 Å². The van der Waals surface area contributed by atoms with E-state index in [2.05, 4.69) is 0 Å². The maximum absolute atomic E-state index is 11.1. The van der Waals surface area contributed by atoms with Crippen LogP contribution in [0.3, 0.4) is 0 Å². The average molecular weight is 187 g/mol. The molecular formula is C7H13N3O3. The molecule has 6 nitrogen and oxygen atoms in total. The molecule has 0 aromatic heterocycles. The number of rotatable bonds is 1. The minimum atomic E-state index is -1.06. The Kier molecular flexibility index (Phi) is 3.07. The predicted octanol–water partition coefficient (Wildman–Crippen LogP) is -0.491. The number of amides is 2. The van der Waals surface area contributed by atoms with Crippen molar-refractivity contribution in [1.29, 1.82) is 0 Å². The summed E-state index contributed by atoms with van der Waals surface area (Å²) in [6.07, 6.45) is 1.16. The second kappa shape index (κ2) is 4.08. The van der Waals surface area contributed by atoms with Gasteiger partial charge in [0, 0.05) is 6.54 Å². The number of carbonyl (C=O) groups is 2. The lowest BCUT2D eigenvalue weighted by Gasteiger charge is -2.31. The first-order valence-corrected chi connectivity index (χ1v) is 4.17. The van der Waals surface area contributed by atoms with Crippen molar-refractivity contribution in [2.45, 2.75) is 25.3 Å². The highest BCUT2D eigenvalue weighted by atomic mass is 16.4. The largest absolute Gasteiger partial charge is 0.465 e. The van der Waals surface area contributed by atoms with Crippen LogP contribution < -0.4 is 11.3 Å². The van der Waals surface area contributed by atoms with Gasteiger partial charge in [0.1, 0.15) is 6.04 Å².